The predicted octanol–water partition coefficient (Wildman–Crippen LogP) is 2.86. The molecule has 0 aliphatic carbocycles. The molecule has 0 saturated carbocycles. The monoisotopic (exact) mass is 332 g/mol. The number of rotatable bonds is 4. The number of hydrogen-bond donors (Lipinski definition) is 1. The van der Waals surface area contributed by atoms with Gasteiger partial charge in [0.1, 0.15) is 5.82 Å². The van der Waals surface area contributed by atoms with Gasteiger partial charge in [-0.2, -0.15) is 11.8 Å². The van der Waals surface area contributed by atoms with Crippen LogP contribution in [-0.2, 0) is 4.79 Å². The summed E-state index contributed by atoms with van der Waals surface area (Å²) in [4.78, 5) is 14.0. The second-order valence-corrected chi connectivity index (χ2v) is 6.31. The van der Waals surface area contributed by atoms with Gasteiger partial charge in [0.2, 0.25) is 5.91 Å². The van der Waals surface area contributed by atoms with E-state index >= 15 is 0 Å². The van der Waals surface area contributed by atoms with E-state index in [1.54, 1.807) is 17.0 Å². The van der Waals surface area contributed by atoms with E-state index in [0.717, 1.165) is 23.6 Å². The van der Waals surface area contributed by atoms with Crippen molar-refractivity contribution in [2.75, 3.05) is 25.1 Å². The number of nitrogens with zero attached hydrogens (tertiary/aromatic N) is 1. The first-order chi connectivity index (χ1) is 9.58. The number of benzene rings is 1. The zero-order valence-electron chi connectivity index (χ0n) is 12.3. The molecule has 1 fully saturated rings. The third-order valence-corrected chi connectivity index (χ3v) is 4.88. The van der Waals surface area contributed by atoms with Crippen LogP contribution in [0.3, 0.4) is 0 Å². The zero-order chi connectivity index (χ0) is 14.5. The van der Waals surface area contributed by atoms with Crippen LogP contribution in [0.2, 0.25) is 0 Å². The van der Waals surface area contributed by atoms with Gasteiger partial charge in [-0.25, -0.2) is 4.39 Å². The molecule has 1 aliphatic rings. The van der Waals surface area contributed by atoms with E-state index in [1.807, 2.05) is 25.7 Å². The second kappa shape index (κ2) is 8.61. The van der Waals surface area contributed by atoms with Crippen LogP contribution in [0, 0.1) is 5.82 Å². The molecule has 21 heavy (non-hydrogen) atoms. The fourth-order valence-corrected chi connectivity index (χ4v) is 3.24. The van der Waals surface area contributed by atoms with Crippen LogP contribution < -0.4 is 5.32 Å². The van der Waals surface area contributed by atoms with E-state index in [-0.39, 0.29) is 36.2 Å². The number of amides is 1. The van der Waals surface area contributed by atoms with Gasteiger partial charge >= 0.3 is 0 Å². The van der Waals surface area contributed by atoms with Crippen LogP contribution >= 0.6 is 24.2 Å². The summed E-state index contributed by atoms with van der Waals surface area (Å²) in [6.45, 7) is 2.94. The normalized spacial score (nSPS) is 19.5. The smallest absolute Gasteiger partial charge is 0.224 e. The van der Waals surface area contributed by atoms with Crippen molar-refractivity contribution in [2.24, 2.45) is 0 Å². The molecule has 1 aromatic rings. The van der Waals surface area contributed by atoms with Crippen molar-refractivity contribution < 1.29 is 9.18 Å². The van der Waals surface area contributed by atoms with Gasteiger partial charge in [-0.05, 0) is 24.6 Å². The first-order valence-electron chi connectivity index (χ1n) is 6.90. The van der Waals surface area contributed by atoms with E-state index < -0.39 is 0 Å². The fraction of sp³-hybridized carbons (Fsp3) is 0.533. The number of carbonyl (C=O) groups excluding carboxylic acids is 1. The number of hydrogen-bond acceptors (Lipinski definition) is 3. The average Bonchev–Trinajstić information content (AvgIpc) is 2.47. The highest BCUT2D eigenvalue weighted by Crippen LogP contribution is 2.21. The van der Waals surface area contributed by atoms with E-state index in [1.165, 1.54) is 12.1 Å². The fourth-order valence-electron chi connectivity index (χ4n) is 2.29. The van der Waals surface area contributed by atoms with Gasteiger partial charge in [0.25, 0.3) is 0 Å². The largest absolute Gasteiger partial charge is 0.339 e. The quantitative estimate of drug-likeness (QED) is 0.920. The Labute approximate surface area is 136 Å². The highest BCUT2D eigenvalue weighted by molar-refractivity contribution is 7.99. The topological polar surface area (TPSA) is 32.3 Å². The third kappa shape index (κ3) is 5.16. The molecule has 0 aromatic heterocycles. The summed E-state index contributed by atoms with van der Waals surface area (Å²) < 4.78 is 12.9. The van der Waals surface area contributed by atoms with E-state index in [4.69, 9.17) is 0 Å². The second-order valence-electron chi connectivity index (χ2n) is 5.16. The van der Waals surface area contributed by atoms with Gasteiger partial charge in [-0.3, -0.25) is 4.79 Å². The van der Waals surface area contributed by atoms with Crippen LogP contribution in [-0.4, -0.2) is 41.9 Å². The van der Waals surface area contributed by atoms with Gasteiger partial charge in [0.15, 0.2) is 0 Å². The van der Waals surface area contributed by atoms with Crippen molar-refractivity contribution in [3.63, 3.8) is 0 Å². The highest BCUT2D eigenvalue weighted by Gasteiger charge is 2.22. The van der Waals surface area contributed by atoms with Gasteiger partial charge in [-0.1, -0.05) is 12.1 Å². The lowest BCUT2D eigenvalue weighted by molar-refractivity contribution is -0.132. The Morgan fingerprint density at radius 3 is 2.71 bits per heavy atom. The lowest BCUT2D eigenvalue weighted by Crippen LogP contribution is -2.42. The number of thioether (sulfide) groups is 1. The Kier molecular flexibility index (Phi) is 7.49. The molecule has 1 heterocycles. The molecule has 0 radical (unpaired) electrons. The van der Waals surface area contributed by atoms with Crippen molar-refractivity contribution in [2.45, 2.75) is 25.4 Å². The summed E-state index contributed by atoms with van der Waals surface area (Å²) in [6.07, 6.45) is 0.523. The maximum absolute atomic E-state index is 12.9. The van der Waals surface area contributed by atoms with Crippen LogP contribution in [0.15, 0.2) is 24.3 Å². The average molecular weight is 333 g/mol. The Morgan fingerprint density at radius 1 is 1.48 bits per heavy atom. The minimum Gasteiger partial charge on any atom is -0.339 e. The summed E-state index contributed by atoms with van der Waals surface area (Å²) >= 11 is 1.89. The molecule has 1 aromatic carbocycles. The van der Waals surface area contributed by atoms with Crippen molar-refractivity contribution >= 4 is 30.1 Å². The molecule has 3 nitrogen and oxygen atoms in total. The number of halogens is 2. The molecular formula is C15H22ClFN2OS. The lowest BCUT2D eigenvalue weighted by atomic mass is 10.1. The summed E-state index contributed by atoms with van der Waals surface area (Å²) in [6, 6.07) is 6.56. The molecule has 118 valence electrons. The molecule has 1 N–H and O–H groups in total. The Balaban J connectivity index is 0.00000220. The molecule has 1 saturated heterocycles. The van der Waals surface area contributed by atoms with Gasteiger partial charge in [0, 0.05) is 37.6 Å². The first-order valence-corrected chi connectivity index (χ1v) is 8.05. The van der Waals surface area contributed by atoms with E-state index in [0.29, 0.717) is 6.42 Å². The first kappa shape index (κ1) is 18.3. The molecule has 2 rings (SSSR count). The molecule has 2 unspecified atom stereocenters. The van der Waals surface area contributed by atoms with Crippen molar-refractivity contribution in [3.8, 4) is 0 Å². The number of carbonyl (C=O) groups is 1. The molecule has 0 spiro atoms. The summed E-state index contributed by atoms with van der Waals surface area (Å²) in [7, 11) is 1.81. The molecule has 0 bridgehead atoms. The molecule has 1 aliphatic heterocycles. The van der Waals surface area contributed by atoms with Crippen molar-refractivity contribution in [3.05, 3.63) is 35.6 Å². The van der Waals surface area contributed by atoms with Crippen LogP contribution in [0.4, 0.5) is 4.39 Å². The van der Waals surface area contributed by atoms with Gasteiger partial charge in [-0.15, -0.1) is 12.4 Å². The maximum Gasteiger partial charge on any atom is 0.224 e. The number of nitrogens with one attached hydrogen (secondary N) is 1. The standard InChI is InChI=1S/C15H21FN2OS.ClH/c1-11(12-3-5-13(16)6-4-12)18(2)15(19)9-14-10-20-8-7-17-14;/h3-6,11,14,17H,7-10H2,1-2H3;1H. The molecule has 6 heteroatoms. The Morgan fingerprint density at radius 2 is 2.14 bits per heavy atom. The van der Waals surface area contributed by atoms with E-state index in [9.17, 15) is 9.18 Å². The maximum atomic E-state index is 12.9. The van der Waals surface area contributed by atoms with Gasteiger partial charge in [0.05, 0.1) is 6.04 Å². The predicted molar refractivity (Wildman–Crippen MR) is 88.6 cm³/mol. The minimum atomic E-state index is -0.252. The Bertz CT molecular complexity index is 451. The summed E-state index contributed by atoms with van der Waals surface area (Å²) in [5.74, 6) is 1.98. The third-order valence-electron chi connectivity index (χ3n) is 3.75. The lowest BCUT2D eigenvalue weighted by Gasteiger charge is -2.29. The molecular weight excluding hydrogens is 311 g/mol. The van der Waals surface area contributed by atoms with E-state index in [2.05, 4.69) is 5.32 Å². The van der Waals surface area contributed by atoms with Crippen LogP contribution in [0.1, 0.15) is 24.9 Å². The molecule has 2 atom stereocenters. The van der Waals surface area contributed by atoms with Crippen molar-refractivity contribution in [1.29, 1.82) is 0 Å². The molecule has 1 amide bonds. The minimum absolute atomic E-state index is 0. The van der Waals surface area contributed by atoms with Crippen molar-refractivity contribution in [1.82, 2.24) is 10.2 Å². The Hall–Kier alpha value is -0.780. The zero-order valence-corrected chi connectivity index (χ0v) is 14.0. The van der Waals surface area contributed by atoms with Gasteiger partial charge < -0.3 is 10.2 Å². The summed E-state index contributed by atoms with van der Waals surface area (Å²) in [5, 5.41) is 3.37. The highest BCUT2D eigenvalue weighted by atomic mass is 35.5. The van der Waals surface area contributed by atoms with Crippen LogP contribution in [0.5, 0.6) is 0 Å². The SMILES string of the molecule is CC(c1ccc(F)cc1)N(C)C(=O)CC1CSCCN1.Cl. The summed E-state index contributed by atoms with van der Waals surface area (Å²) in [5.41, 5.74) is 0.952. The van der Waals surface area contributed by atoms with Crippen LogP contribution in [0.25, 0.3) is 0 Å².